The fourth-order valence-electron chi connectivity index (χ4n) is 2.85. The molecule has 0 spiro atoms. The highest BCUT2D eigenvalue weighted by atomic mass is 19.1. The fourth-order valence-corrected chi connectivity index (χ4v) is 2.85. The Morgan fingerprint density at radius 1 is 1.11 bits per heavy atom. The van der Waals surface area contributed by atoms with Crippen LogP contribution in [0, 0.1) is 11.6 Å². The molecule has 9 heteroatoms. The van der Waals surface area contributed by atoms with E-state index < -0.39 is 23.4 Å². The second-order valence-corrected chi connectivity index (χ2v) is 6.12. The number of fused-ring (bicyclic) bond motifs is 1. The molecule has 0 bridgehead atoms. The van der Waals surface area contributed by atoms with Crippen LogP contribution in [0.2, 0.25) is 0 Å². The summed E-state index contributed by atoms with van der Waals surface area (Å²) >= 11 is 0. The second-order valence-electron chi connectivity index (χ2n) is 6.12. The third-order valence-electron chi connectivity index (χ3n) is 4.19. The highest BCUT2D eigenvalue weighted by Crippen LogP contribution is 2.25. The first-order valence-corrected chi connectivity index (χ1v) is 8.38. The van der Waals surface area contributed by atoms with Crippen LogP contribution in [0.3, 0.4) is 0 Å². The molecule has 4 aromatic rings. The highest BCUT2D eigenvalue weighted by molar-refractivity contribution is 5.76. The average Bonchev–Trinajstić information content (AvgIpc) is 3.18. The molecule has 2 heterocycles. The average molecular weight is 384 g/mol. The van der Waals surface area contributed by atoms with Crippen LogP contribution < -0.4 is 5.63 Å². The molecule has 1 unspecified atom stereocenters. The van der Waals surface area contributed by atoms with Gasteiger partial charge in [0, 0.05) is 23.1 Å². The van der Waals surface area contributed by atoms with Crippen molar-refractivity contribution in [3.63, 3.8) is 0 Å². The van der Waals surface area contributed by atoms with Gasteiger partial charge in [0.2, 0.25) is 0 Å². The second kappa shape index (κ2) is 7.65. The first-order chi connectivity index (χ1) is 13.6. The van der Waals surface area contributed by atoms with E-state index in [9.17, 15) is 13.6 Å². The van der Waals surface area contributed by atoms with Crippen molar-refractivity contribution in [3.8, 4) is 0 Å². The number of tetrazole rings is 1. The minimum atomic E-state index is -0.742. The molecule has 0 saturated carbocycles. The number of ether oxygens (including phenoxy) is 1. The predicted octanol–water partition coefficient (Wildman–Crippen LogP) is 3.02. The van der Waals surface area contributed by atoms with Crippen molar-refractivity contribution < 1.29 is 17.9 Å². The van der Waals surface area contributed by atoms with E-state index in [0.29, 0.717) is 5.58 Å². The Labute approximate surface area is 157 Å². The molecule has 0 saturated heterocycles. The Kier molecular flexibility index (Phi) is 4.90. The summed E-state index contributed by atoms with van der Waals surface area (Å²) in [4.78, 5) is 11.3. The molecule has 0 radical (unpaired) electrons. The van der Waals surface area contributed by atoms with Crippen molar-refractivity contribution in [1.29, 1.82) is 0 Å². The van der Waals surface area contributed by atoms with Crippen molar-refractivity contribution in [2.45, 2.75) is 19.3 Å². The molecule has 0 amide bonds. The van der Waals surface area contributed by atoms with Crippen LogP contribution in [0.15, 0.2) is 64.1 Å². The molecular formula is C19H14F2N4O3. The van der Waals surface area contributed by atoms with Crippen molar-refractivity contribution >= 4 is 11.0 Å². The minimum absolute atomic E-state index is 0.151. The molecule has 2 aromatic carbocycles. The Hall–Kier alpha value is -3.46. The van der Waals surface area contributed by atoms with Crippen LogP contribution in [0.5, 0.6) is 0 Å². The van der Waals surface area contributed by atoms with Gasteiger partial charge in [0.05, 0.1) is 13.2 Å². The summed E-state index contributed by atoms with van der Waals surface area (Å²) in [5.41, 5.74) is 1.03. The molecule has 0 fully saturated rings. The van der Waals surface area contributed by atoms with Crippen LogP contribution in [0.1, 0.15) is 17.2 Å². The summed E-state index contributed by atoms with van der Waals surface area (Å²) in [6.45, 7) is 0.302. The molecule has 0 aliphatic heterocycles. The number of hydrogen-bond donors (Lipinski definition) is 0. The lowest BCUT2D eigenvalue weighted by atomic mass is 10.1. The summed E-state index contributed by atoms with van der Waals surface area (Å²) in [6.07, 6.45) is 0.643. The zero-order valence-corrected chi connectivity index (χ0v) is 14.5. The highest BCUT2D eigenvalue weighted by Gasteiger charge is 2.19. The maximum absolute atomic E-state index is 14.3. The van der Waals surface area contributed by atoms with E-state index in [-0.39, 0.29) is 18.7 Å². The first kappa shape index (κ1) is 17.9. The van der Waals surface area contributed by atoms with Crippen molar-refractivity contribution in [2.24, 2.45) is 0 Å². The minimum Gasteiger partial charge on any atom is -0.423 e. The molecule has 0 aliphatic carbocycles. The van der Waals surface area contributed by atoms with E-state index in [4.69, 9.17) is 9.15 Å². The van der Waals surface area contributed by atoms with Crippen molar-refractivity contribution in [2.75, 3.05) is 0 Å². The van der Waals surface area contributed by atoms with Gasteiger partial charge in [0.1, 0.15) is 29.6 Å². The van der Waals surface area contributed by atoms with Gasteiger partial charge in [-0.2, -0.15) is 0 Å². The topological polar surface area (TPSA) is 83.0 Å². The molecule has 2 aromatic heterocycles. The molecule has 0 aliphatic rings. The Morgan fingerprint density at radius 3 is 2.79 bits per heavy atom. The quantitative estimate of drug-likeness (QED) is 0.475. The van der Waals surface area contributed by atoms with Crippen LogP contribution in [0.25, 0.3) is 11.0 Å². The summed E-state index contributed by atoms with van der Waals surface area (Å²) < 4.78 is 40.0. The summed E-state index contributed by atoms with van der Waals surface area (Å²) in [5.74, 6) is -1.38. The van der Waals surface area contributed by atoms with Gasteiger partial charge in [-0.15, -0.1) is 5.10 Å². The lowest BCUT2D eigenvalue weighted by molar-refractivity contribution is 0.0231. The zero-order valence-electron chi connectivity index (χ0n) is 14.5. The van der Waals surface area contributed by atoms with E-state index in [1.807, 2.05) is 6.07 Å². The van der Waals surface area contributed by atoms with Crippen LogP contribution in [-0.4, -0.2) is 20.2 Å². The van der Waals surface area contributed by atoms with Crippen molar-refractivity contribution in [1.82, 2.24) is 20.2 Å². The number of hydrogen-bond acceptors (Lipinski definition) is 6. The van der Waals surface area contributed by atoms with E-state index in [0.717, 1.165) is 17.0 Å². The third-order valence-corrected chi connectivity index (χ3v) is 4.19. The fraction of sp³-hybridized carbons (Fsp3) is 0.158. The van der Waals surface area contributed by atoms with E-state index >= 15 is 0 Å². The van der Waals surface area contributed by atoms with Crippen LogP contribution >= 0.6 is 0 Å². The molecule has 1 atom stereocenters. The summed E-state index contributed by atoms with van der Waals surface area (Å²) in [7, 11) is 0. The van der Waals surface area contributed by atoms with Gasteiger partial charge in [0.15, 0.2) is 0 Å². The normalized spacial score (nSPS) is 12.4. The Bertz CT molecular complexity index is 1160. The third kappa shape index (κ3) is 3.94. The number of nitrogens with zero attached hydrogens (tertiary/aromatic N) is 4. The molecule has 28 heavy (non-hydrogen) atoms. The van der Waals surface area contributed by atoms with Crippen molar-refractivity contribution in [3.05, 3.63) is 88.0 Å². The molecule has 142 valence electrons. The number of rotatable bonds is 6. The molecule has 0 N–H and O–H groups in total. The smallest absolute Gasteiger partial charge is 0.336 e. The summed E-state index contributed by atoms with van der Waals surface area (Å²) in [5, 5.41) is 11.6. The number of benzene rings is 2. The standard InChI is InChI=1S/C19H14F2N4O3/c20-14-3-4-15(16(21)8-14)18(9-25-11-22-23-24-25)27-10-12-1-5-17-13(7-12)2-6-19(26)28-17/h1-8,11,18H,9-10H2. The number of aromatic nitrogens is 4. The maximum Gasteiger partial charge on any atom is 0.336 e. The summed E-state index contributed by atoms with van der Waals surface area (Å²) in [6, 6.07) is 11.5. The number of halogens is 2. The van der Waals surface area contributed by atoms with Gasteiger partial charge in [-0.3, -0.25) is 0 Å². The lowest BCUT2D eigenvalue weighted by Crippen LogP contribution is -2.15. The molecule has 7 nitrogen and oxygen atoms in total. The molecular weight excluding hydrogens is 370 g/mol. The van der Waals surface area contributed by atoms with Crippen LogP contribution in [0.4, 0.5) is 8.78 Å². The Morgan fingerprint density at radius 2 is 2.00 bits per heavy atom. The van der Waals surface area contributed by atoms with Gasteiger partial charge in [-0.25, -0.2) is 18.3 Å². The van der Waals surface area contributed by atoms with Gasteiger partial charge in [0.25, 0.3) is 0 Å². The lowest BCUT2D eigenvalue weighted by Gasteiger charge is -2.19. The first-order valence-electron chi connectivity index (χ1n) is 8.38. The zero-order chi connectivity index (χ0) is 19.5. The predicted molar refractivity (Wildman–Crippen MR) is 94.2 cm³/mol. The van der Waals surface area contributed by atoms with Crippen LogP contribution in [-0.2, 0) is 17.9 Å². The van der Waals surface area contributed by atoms with E-state index in [1.165, 1.54) is 29.2 Å². The van der Waals surface area contributed by atoms with E-state index in [2.05, 4.69) is 15.5 Å². The largest absolute Gasteiger partial charge is 0.423 e. The van der Waals surface area contributed by atoms with E-state index in [1.54, 1.807) is 18.2 Å². The maximum atomic E-state index is 14.3. The van der Waals surface area contributed by atoms with Gasteiger partial charge < -0.3 is 9.15 Å². The SMILES string of the molecule is O=c1ccc2cc(COC(Cn3cnnn3)c3ccc(F)cc3F)ccc2o1. The van der Waals surface area contributed by atoms with Gasteiger partial charge in [-0.1, -0.05) is 12.1 Å². The van der Waals surface area contributed by atoms with Gasteiger partial charge in [-0.05, 0) is 40.3 Å². The monoisotopic (exact) mass is 384 g/mol. The Balaban J connectivity index is 1.58. The molecule has 4 rings (SSSR count). The van der Waals surface area contributed by atoms with Gasteiger partial charge >= 0.3 is 5.63 Å².